The van der Waals surface area contributed by atoms with Crippen molar-refractivity contribution in [3.05, 3.63) is 17.7 Å². The fourth-order valence-corrected chi connectivity index (χ4v) is 3.44. The predicted molar refractivity (Wildman–Crippen MR) is 78.5 cm³/mol. The van der Waals surface area contributed by atoms with E-state index in [2.05, 4.69) is 19.8 Å². The van der Waals surface area contributed by atoms with E-state index < -0.39 is 5.60 Å². The molecule has 0 aliphatic carbocycles. The molecule has 2 saturated heterocycles. The summed E-state index contributed by atoms with van der Waals surface area (Å²) in [4.78, 5) is 12.4. The second kappa shape index (κ2) is 5.84. The summed E-state index contributed by atoms with van der Waals surface area (Å²) in [6.07, 6.45) is 6.27. The Hall–Kier alpha value is -0.910. The average molecular weight is 278 g/mol. The van der Waals surface area contributed by atoms with Gasteiger partial charge in [0.25, 0.3) is 0 Å². The molecule has 3 heterocycles. The lowest BCUT2D eigenvalue weighted by atomic mass is 9.91. The highest BCUT2D eigenvalue weighted by Gasteiger charge is 2.34. The van der Waals surface area contributed by atoms with Gasteiger partial charge < -0.3 is 15.0 Å². The Morgan fingerprint density at radius 2 is 1.90 bits per heavy atom. The van der Waals surface area contributed by atoms with E-state index in [1.165, 1.54) is 31.6 Å². The molecule has 5 heteroatoms. The number of hydrogen-bond donors (Lipinski definition) is 2. The summed E-state index contributed by atoms with van der Waals surface area (Å²) >= 11 is 0. The molecule has 0 atom stereocenters. The molecule has 1 aromatic rings. The molecule has 0 radical (unpaired) electrons. The van der Waals surface area contributed by atoms with Gasteiger partial charge in [-0.05, 0) is 45.7 Å². The summed E-state index contributed by atoms with van der Waals surface area (Å²) in [7, 11) is 0. The number of imidazole rings is 1. The smallest absolute Gasteiger partial charge is 0.103 e. The highest BCUT2D eigenvalue weighted by molar-refractivity contribution is 5.00. The molecule has 5 nitrogen and oxygen atoms in total. The first kappa shape index (κ1) is 14.0. The molecule has 0 bridgehead atoms. The lowest BCUT2D eigenvalue weighted by molar-refractivity contribution is -0.0432. The summed E-state index contributed by atoms with van der Waals surface area (Å²) in [5, 5.41) is 10.7. The minimum absolute atomic E-state index is 0.468. The zero-order valence-electron chi connectivity index (χ0n) is 12.4. The van der Waals surface area contributed by atoms with Crippen LogP contribution in [0.3, 0.4) is 0 Å². The number of aryl methyl sites for hydroxylation is 1. The van der Waals surface area contributed by atoms with E-state index in [1.807, 2.05) is 13.1 Å². The van der Waals surface area contributed by atoms with E-state index in [0.29, 0.717) is 0 Å². The van der Waals surface area contributed by atoms with Crippen LogP contribution in [-0.4, -0.2) is 63.2 Å². The van der Waals surface area contributed by atoms with Crippen molar-refractivity contribution < 1.29 is 5.11 Å². The SMILES string of the molecule is Cc1ncc(CN2CCC(O)(CN3CCCC3)CC2)[nH]1. The van der Waals surface area contributed by atoms with Crippen molar-refractivity contribution in [3.8, 4) is 0 Å². The Morgan fingerprint density at radius 3 is 2.50 bits per heavy atom. The Balaban J connectivity index is 1.48. The minimum Gasteiger partial charge on any atom is -0.388 e. The van der Waals surface area contributed by atoms with E-state index in [9.17, 15) is 5.11 Å². The quantitative estimate of drug-likeness (QED) is 0.867. The third kappa shape index (κ3) is 3.40. The summed E-state index contributed by atoms with van der Waals surface area (Å²) in [6.45, 7) is 8.04. The Morgan fingerprint density at radius 1 is 1.20 bits per heavy atom. The maximum atomic E-state index is 10.7. The van der Waals surface area contributed by atoms with Crippen molar-refractivity contribution in [1.29, 1.82) is 0 Å². The Bertz CT molecular complexity index is 431. The van der Waals surface area contributed by atoms with Gasteiger partial charge in [-0.3, -0.25) is 4.90 Å². The lowest BCUT2D eigenvalue weighted by Gasteiger charge is -2.40. The van der Waals surface area contributed by atoms with Crippen LogP contribution >= 0.6 is 0 Å². The normalized spacial score (nSPS) is 24.3. The van der Waals surface area contributed by atoms with Gasteiger partial charge in [-0.2, -0.15) is 0 Å². The first-order valence-corrected chi connectivity index (χ1v) is 7.81. The molecule has 2 aliphatic heterocycles. The van der Waals surface area contributed by atoms with Crippen molar-refractivity contribution in [3.63, 3.8) is 0 Å². The number of hydrogen-bond acceptors (Lipinski definition) is 4. The number of rotatable bonds is 4. The lowest BCUT2D eigenvalue weighted by Crippen LogP contribution is -2.50. The minimum atomic E-state index is -0.468. The number of likely N-dealkylation sites (tertiary alicyclic amines) is 2. The van der Waals surface area contributed by atoms with Gasteiger partial charge in [-0.15, -0.1) is 0 Å². The van der Waals surface area contributed by atoms with Crippen LogP contribution in [0.25, 0.3) is 0 Å². The molecule has 0 amide bonds. The highest BCUT2D eigenvalue weighted by atomic mass is 16.3. The number of nitrogens with one attached hydrogen (secondary N) is 1. The van der Waals surface area contributed by atoms with E-state index in [-0.39, 0.29) is 0 Å². The molecule has 2 aliphatic rings. The maximum Gasteiger partial charge on any atom is 0.103 e. The maximum absolute atomic E-state index is 10.7. The Kier molecular flexibility index (Phi) is 4.10. The van der Waals surface area contributed by atoms with Crippen LogP contribution in [0.4, 0.5) is 0 Å². The van der Waals surface area contributed by atoms with E-state index in [0.717, 1.165) is 44.8 Å². The highest BCUT2D eigenvalue weighted by Crippen LogP contribution is 2.25. The van der Waals surface area contributed by atoms with Crippen molar-refractivity contribution >= 4 is 0 Å². The molecule has 0 saturated carbocycles. The van der Waals surface area contributed by atoms with Gasteiger partial charge in [0.1, 0.15) is 5.82 Å². The van der Waals surface area contributed by atoms with Crippen LogP contribution in [-0.2, 0) is 6.54 Å². The van der Waals surface area contributed by atoms with Crippen LogP contribution in [0.1, 0.15) is 37.2 Å². The topological polar surface area (TPSA) is 55.4 Å². The summed E-state index contributed by atoms with van der Waals surface area (Å²) < 4.78 is 0. The largest absolute Gasteiger partial charge is 0.388 e. The van der Waals surface area contributed by atoms with Gasteiger partial charge in [0, 0.05) is 38.1 Å². The van der Waals surface area contributed by atoms with Crippen LogP contribution in [0.2, 0.25) is 0 Å². The number of β-amino-alcohol motifs (C(OH)–C–C–N with tert-alkyl or cyclic N) is 1. The molecular formula is C15H26N4O. The monoisotopic (exact) mass is 278 g/mol. The third-order valence-electron chi connectivity index (χ3n) is 4.65. The van der Waals surface area contributed by atoms with Gasteiger partial charge in [0.05, 0.1) is 5.60 Å². The zero-order chi connectivity index (χ0) is 14.0. The number of aromatic nitrogens is 2. The molecule has 2 N–H and O–H groups in total. The van der Waals surface area contributed by atoms with E-state index in [1.54, 1.807) is 0 Å². The molecule has 20 heavy (non-hydrogen) atoms. The van der Waals surface area contributed by atoms with Crippen LogP contribution < -0.4 is 0 Å². The standard InChI is InChI=1S/C15H26N4O/c1-13-16-10-14(17-13)11-18-8-4-15(20,5-9-18)12-19-6-2-3-7-19/h10,20H,2-9,11-12H2,1H3,(H,16,17). The van der Waals surface area contributed by atoms with Gasteiger partial charge >= 0.3 is 0 Å². The van der Waals surface area contributed by atoms with Crippen molar-refractivity contribution in [2.45, 2.75) is 44.8 Å². The molecule has 3 rings (SSSR count). The molecule has 1 aromatic heterocycles. The second-order valence-corrected chi connectivity index (χ2v) is 6.48. The summed E-state index contributed by atoms with van der Waals surface area (Å²) in [5.74, 6) is 0.975. The summed E-state index contributed by atoms with van der Waals surface area (Å²) in [6, 6.07) is 0. The van der Waals surface area contributed by atoms with E-state index in [4.69, 9.17) is 0 Å². The summed E-state index contributed by atoms with van der Waals surface area (Å²) in [5.41, 5.74) is 0.706. The van der Waals surface area contributed by atoms with Crippen LogP contribution in [0, 0.1) is 6.92 Å². The zero-order valence-corrected chi connectivity index (χ0v) is 12.4. The molecule has 0 aromatic carbocycles. The number of nitrogens with zero attached hydrogens (tertiary/aromatic N) is 3. The third-order valence-corrected chi connectivity index (χ3v) is 4.65. The second-order valence-electron chi connectivity index (χ2n) is 6.48. The van der Waals surface area contributed by atoms with Gasteiger partial charge in [-0.1, -0.05) is 0 Å². The van der Waals surface area contributed by atoms with Crippen LogP contribution in [0.15, 0.2) is 6.20 Å². The number of H-pyrrole nitrogens is 1. The van der Waals surface area contributed by atoms with Gasteiger partial charge in [0.2, 0.25) is 0 Å². The number of aromatic amines is 1. The van der Waals surface area contributed by atoms with Crippen molar-refractivity contribution in [1.82, 2.24) is 19.8 Å². The van der Waals surface area contributed by atoms with Gasteiger partial charge in [0.15, 0.2) is 0 Å². The molecule has 0 unspecified atom stereocenters. The molecule has 2 fully saturated rings. The van der Waals surface area contributed by atoms with E-state index >= 15 is 0 Å². The Labute approximate surface area is 121 Å². The van der Waals surface area contributed by atoms with Crippen molar-refractivity contribution in [2.24, 2.45) is 0 Å². The first-order valence-electron chi connectivity index (χ1n) is 7.81. The fraction of sp³-hybridized carbons (Fsp3) is 0.800. The molecule has 112 valence electrons. The number of aliphatic hydroxyl groups is 1. The average Bonchev–Trinajstić information content (AvgIpc) is 3.05. The number of piperidine rings is 1. The predicted octanol–water partition coefficient (Wildman–Crippen LogP) is 1.14. The fourth-order valence-electron chi connectivity index (χ4n) is 3.44. The molecule has 0 spiro atoms. The first-order chi connectivity index (χ1) is 9.63. The molecular weight excluding hydrogens is 252 g/mol. The van der Waals surface area contributed by atoms with Crippen molar-refractivity contribution in [2.75, 3.05) is 32.7 Å². The van der Waals surface area contributed by atoms with Gasteiger partial charge in [-0.25, -0.2) is 4.98 Å². The van der Waals surface area contributed by atoms with Crippen LogP contribution in [0.5, 0.6) is 0 Å².